The SMILES string of the molecule is CNC(CC1CCCC1)C1Cc2ccccc2C1. The molecule has 1 fully saturated rings. The molecule has 1 aromatic rings. The van der Waals surface area contributed by atoms with Gasteiger partial charge in [-0.2, -0.15) is 0 Å². The van der Waals surface area contributed by atoms with Crippen molar-refractivity contribution in [2.24, 2.45) is 11.8 Å². The molecule has 0 heterocycles. The summed E-state index contributed by atoms with van der Waals surface area (Å²) in [6, 6.07) is 9.73. The fraction of sp³-hybridized carbons (Fsp3) is 0.647. The largest absolute Gasteiger partial charge is 0.317 e. The number of nitrogens with one attached hydrogen (secondary N) is 1. The fourth-order valence-corrected chi connectivity index (χ4v) is 4.03. The van der Waals surface area contributed by atoms with E-state index in [1.165, 1.54) is 44.9 Å². The molecular formula is C17H25N. The van der Waals surface area contributed by atoms with E-state index in [0.29, 0.717) is 0 Å². The summed E-state index contributed by atoms with van der Waals surface area (Å²) in [7, 11) is 2.16. The lowest BCUT2D eigenvalue weighted by Gasteiger charge is -2.25. The molecular weight excluding hydrogens is 218 g/mol. The van der Waals surface area contributed by atoms with E-state index in [1.807, 2.05) is 0 Å². The maximum Gasteiger partial charge on any atom is 0.0101 e. The van der Waals surface area contributed by atoms with E-state index >= 15 is 0 Å². The molecule has 1 unspecified atom stereocenters. The molecule has 1 heteroatoms. The second-order valence-corrected chi connectivity index (χ2v) is 6.22. The smallest absolute Gasteiger partial charge is 0.0101 e. The lowest BCUT2D eigenvalue weighted by molar-refractivity contribution is 0.312. The average Bonchev–Trinajstić information content (AvgIpc) is 3.04. The minimum atomic E-state index is 0.723. The van der Waals surface area contributed by atoms with Crippen molar-refractivity contribution in [2.45, 2.75) is 51.0 Å². The van der Waals surface area contributed by atoms with Gasteiger partial charge >= 0.3 is 0 Å². The Morgan fingerprint density at radius 2 is 1.72 bits per heavy atom. The molecule has 0 saturated heterocycles. The Kier molecular flexibility index (Phi) is 3.69. The fourth-order valence-electron chi connectivity index (χ4n) is 4.03. The topological polar surface area (TPSA) is 12.0 Å². The summed E-state index contributed by atoms with van der Waals surface area (Å²) >= 11 is 0. The molecule has 0 aliphatic heterocycles. The van der Waals surface area contributed by atoms with Crippen LogP contribution in [-0.4, -0.2) is 13.1 Å². The first kappa shape index (κ1) is 12.2. The van der Waals surface area contributed by atoms with Crippen LogP contribution in [0.3, 0.4) is 0 Å². The van der Waals surface area contributed by atoms with Crippen LogP contribution in [0.25, 0.3) is 0 Å². The van der Waals surface area contributed by atoms with Gasteiger partial charge in [0.15, 0.2) is 0 Å². The molecule has 18 heavy (non-hydrogen) atoms. The molecule has 1 nitrogen and oxygen atoms in total. The molecule has 2 aliphatic rings. The highest BCUT2D eigenvalue weighted by molar-refractivity contribution is 5.32. The van der Waals surface area contributed by atoms with Gasteiger partial charge in [0.2, 0.25) is 0 Å². The van der Waals surface area contributed by atoms with Crippen molar-refractivity contribution < 1.29 is 0 Å². The van der Waals surface area contributed by atoms with Crippen molar-refractivity contribution in [3.05, 3.63) is 35.4 Å². The van der Waals surface area contributed by atoms with E-state index in [2.05, 4.69) is 36.6 Å². The predicted molar refractivity (Wildman–Crippen MR) is 76.8 cm³/mol. The summed E-state index contributed by atoms with van der Waals surface area (Å²) in [6.07, 6.45) is 9.84. The zero-order chi connectivity index (χ0) is 12.4. The molecule has 1 aromatic carbocycles. The summed E-state index contributed by atoms with van der Waals surface area (Å²) in [5.74, 6) is 1.82. The first-order chi connectivity index (χ1) is 8.86. The van der Waals surface area contributed by atoms with Crippen LogP contribution < -0.4 is 5.32 Å². The normalized spacial score (nSPS) is 22.3. The first-order valence-corrected chi connectivity index (χ1v) is 7.61. The zero-order valence-electron chi connectivity index (χ0n) is 11.5. The lowest BCUT2D eigenvalue weighted by Crippen LogP contribution is -2.35. The second-order valence-electron chi connectivity index (χ2n) is 6.22. The van der Waals surface area contributed by atoms with Crippen LogP contribution in [0, 0.1) is 11.8 Å². The van der Waals surface area contributed by atoms with E-state index in [0.717, 1.165) is 17.9 Å². The Morgan fingerprint density at radius 3 is 2.28 bits per heavy atom. The van der Waals surface area contributed by atoms with Crippen LogP contribution in [-0.2, 0) is 12.8 Å². The second kappa shape index (κ2) is 5.44. The Hall–Kier alpha value is -0.820. The van der Waals surface area contributed by atoms with Gasteiger partial charge in [0.05, 0.1) is 0 Å². The van der Waals surface area contributed by atoms with Crippen LogP contribution in [0.5, 0.6) is 0 Å². The van der Waals surface area contributed by atoms with Crippen molar-refractivity contribution in [2.75, 3.05) is 7.05 Å². The Morgan fingerprint density at radius 1 is 1.11 bits per heavy atom. The molecule has 1 atom stereocenters. The highest BCUT2D eigenvalue weighted by Crippen LogP contribution is 2.34. The van der Waals surface area contributed by atoms with Gasteiger partial charge in [-0.3, -0.25) is 0 Å². The van der Waals surface area contributed by atoms with Crippen LogP contribution >= 0.6 is 0 Å². The molecule has 3 rings (SSSR count). The van der Waals surface area contributed by atoms with Crippen molar-refractivity contribution in [1.29, 1.82) is 0 Å². The minimum absolute atomic E-state index is 0.723. The van der Waals surface area contributed by atoms with Gasteiger partial charge in [-0.15, -0.1) is 0 Å². The number of hydrogen-bond donors (Lipinski definition) is 1. The van der Waals surface area contributed by atoms with E-state index in [1.54, 1.807) is 11.1 Å². The molecule has 0 aromatic heterocycles. The van der Waals surface area contributed by atoms with Crippen molar-refractivity contribution in [3.63, 3.8) is 0 Å². The molecule has 1 N–H and O–H groups in total. The third-order valence-electron chi connectivity index (χ3n) is 5.08. The molecule has 0 spiro atoms. The molecule has 0 amide bonds. The average molecular weight is 243 g/mol. The zero-order valence-corrected chi connectivity index (χ0v) is 11.5. The number of hydrogen-bond acceptors (Lipinski definition) is 1. The lowest BCUT2D eigenvalue weighted by atomic mass is 9.88. The molecule has 2 aliphatic carbocycles. The molecule has 0 bridgehead atoms. The van der Waals surface area contributed by atoms with Crippen LogP contribution in [0.4, 0.5) is 0 Å². The third kappa shape index (κ3) is 2.47. The summed E-state index contributed by atoms with van der Waals surface area (Å²) in [6.45, 7) is 0. The van der Waals surface area contributed by atoms with Crippen LogP contribution in [0.1, 0.15) is 43.2 Å². The molecule has 98 valence electrons. The third-order valence-corrected chi connectivity index (χ3v) is 5.08. The van der Waals surface area contributed by atoms with Crippen molar-refractivity contribution >= 4 is 0 Å². The number of benzene rings is 1. The van der Waals surface area contributed by atoms with E-state index in [4.69, 9.17) is 0 Å². The van der Waals surface area contributed by atoms with Gasteiger partial charge in [-0.05, 0) is 49.3 Å². The van der Waals surface area contributed by atoms with Crippen molar-refractivity contribution in [3.8, 4) is 0 Å². The first-order valence-electron chi connectivity index (χ1n) is 7.61. The van der Waals surface area contributed by atoms with E-state index < -0.39 is 0 Å². The highest BCUT2D eigenvalue weighted by atomic mass is 14.9. The van der Waals surface area contributed by atoms with E-state index in [-0.39, 0.29) is 0 Å². The predicted octanol–water partition coefficient (Wildman–Crippen LogP) is 3.57. The Labute approximate surface area is 111 Å². The summed E-state index contributed by atoms with van der Waals surface area (Å²) in [4.78, 5) is 0. The quantitative estimate of drug-likeness (QED) is 0.852. The summed E-state index contributed by atoms with van der Waals surface area (Å²) < 4.78 is 0. The minimum Gasteiger partial charge on any atom is -0.317 e. The Balaban J connectivity index is 1.63. The van der Waals surface area contributed by atoms with Crippen LogP contribution in [0.15, 0.2) is 24.3 Å². The van der Waals surface area contributed by atoms with Gasteiger partial charge in [0, 0.05) is 6.04 Å². The van der Waals surface area contributed by atoms with Gasteiger partial charge in [0.25, 0.3) is 0 Å². The number of rotatable bonds is 4. The van der Waals surface area contributed by atoms with Crippen molar-refractivity contribution in [1.82, 2.24) is 5.32 Å². The van der Waals surface area contributed by atoms with E-state index in [9.17, 15) is 0 Å². The number of fused-ring (bicyclic) bond motifs is 1. The summed E-state index contributed by atoms with van der Waals surface area (Å²) in [5, 5.41) is 3.61. The Bertz CT molecular complexity index is 367. The highest BCUT2D eigenvalue weighted by Gasteiger charge is 2.29. The standard InChI is InChI=1S/C17H25N/c1-18-17(10-13-6-2-3-7-13)16-11-14-8-4-5-9-15(14)12-16/h4-5,8-9,13,16-18H,2-3,6-7,10-12H2,1H3. The van der Waals surface area contributed by atoms with Gasteiger partial charge in [0.1, 0.15) is 0 Å². The van der Waals surface area contributed by atoms with Crippen LogP contribution in [0.2, 0.25) is 0 Å². The maximum absolute atomic E-state index is 3.61. The summed E-state index contributed by atoms with van der Waals surface area (Å²) in [5.41, 5.74) is 3.18. The van der Waals surface area contributed by atoms with Gasteiger partial charge in [-0.25, -0.2) is 0 Å². The van der Waals surface area contributed by atoms with Gasteiger partial charge in [-0.1, -0.05) is 49.9 Å². The molecule has 1 saturated carbocycles. The van der Waals surface area contributed by atoms with Gasteiger partial charge < -0.3 is 5.32 Å². The monoisotopic (exact) mass is 243 g/mol. The molecule has 0 radical (unpaired) electrons. The maximum atomic E-state index is 3.61.